The van der Waals surface area contributed by atoms with Gasteiger partial charge in [-0.3, -0.25) is 19.3 Å². The van der Waals surface area contributed by atoms with Gasteiger partial charge in [-0.1, -0.05) is 51.5 Å². The van der Waals surface area contributed by atoms with E-state index in [2.05, 4.69) is 36.3 Å². The molecule has 0 bridgehead atoms. The number of benzene rings is 2. The molecule has 4 rings (SSSR count). The number of carbonyl (C=O) groups excluding carboxylic acids is 3. The fraction of sp³-hybridized carbons (Fsp3) is 0.531. The van der Waals surface area contributed by atoms with Crippen LogP contribution in [0, 0.1) is 5.92 Å². The van der Waals surface area contributed by atoms with E-state index in [1.165, 1.54) is 0 Å². The molecule has 1 atom stereocenters. The Balaban J connectivity index is 1.32. The first-order valence-electron chi connectivity index (χ1n) is 14.6. The summed E-state index contributed by atoms with van der Waals surface area (Å²) in [6.45, 7) is 9.59. The van der Waals surface area contributed by atoms with Crippen LogP contribution in [0.4, 0.5) is 0 Å². The molecule has 1 spiro atoms. The molecule has 2 aromatic rings. The molecule has 216 valence electrons. The lowest BCUT2D eigenvalue weighted by Gasteiger charge is -2.52. The van der Waals surface area contributed by atoms with Gasteiger partial charge in [-0.25, -0.2) is 0 Å². The highest BCUT2D eigenvalue weighted by Gasteiger charge is 2.53. The maximum atomic E-state index is 13.5. The number of carbonyl (C=O) groups is 3. The second-order valence-electron chi connectivity index (χ2n) is 11.5. The third kappa shape index (κ3) is 6.84. The van der Waals surface area contributed by atoms with Gasteiger partial charge in [0.2, 0.25) is 11.8 Å². The maximum absolute atomic E-state index is 13.5. The van der Waals surface area contributed by atoms with Gasteiger partial charge in [0.15, 0.2) is 0 Å². The summed E-state index contributed by atoms with van der Waals surface area (Å²) in [5.74, 6) is 1.10. The minimum atomic E-state index is -0.748. The largest absolute Gasteiger partial charge is 0.497 e. The van der Waals surface area contributed by atoms with Gasteiger partial charge in [-0.05, 0) is 67.0 Å². The third-order valence-electron chi connectivity index (χ3n) is 8.17. The maximum Gasteiger partial charge on any atom is 0.251 e. The zero-order valence-electron chi connectivity index (χ0n) is 24.4. The summed E-state index contributed by atoms with van der Waals surface area (Å²) >= 11 is 0. The Morgan fingerprint density at radius 3 is 2.30 bits per heavy atom. The van der Waals surface area contributed by atoms with Crippen LogP contribution in [0.15, 0.2) is 48.5 Å². The van der Waals surface area contributed by atoms with Crippen LogP contribution in [-0.4, -0.2) is 65.8 Å². The van der Waals surface area contributed by atoms with Crippen LogP contribution >= 0.6 is 0 Å². The van der Waals surface area contributed by atoms with E-state index >= 15 is 0 Å². The van der Waals surface area contributed by atoms with E-state index in [0.717, 1.165) is 49.4 Å². The lowest BCUT2D eigenvalue weighted by molar-refractivity contribution is -0.161. The van der Waals surface area contributed by atoms with Crippen molar-refractivity contribution in [3.05, 3.63) is 65.2 Å². The van der Waals surface area contributed by atoms with Crippen LogP contribution in [0.5, 0.6) is 5.75 Å². The molecular weight excluding hydrogens is 504 g/mol. The molecule has 40 heavy (non-hydrogen) atoms. The van der Waals surface area contributed by atoms with Crippen LogP contribution in [0.3, 0.4) is 0 Å². The highest BCUT2D eigenvalue weighted by molar-refractivity contribution is 6.00. The number of unbranched alkanes of at least 4 members (excludes halogenated alkanes) is 1. The van der Waals surface area contributed by atoms with E-state index in [1.54, 1.807) is 7.11 Å². The number of likely N-dealkylation sites (tertiary alicyclic amines) is 1. The molecule has 0 unspecified atom stereocenters. The molecule has 2 saturated heterocycles. The zero-order chi connectivity index (χ0) is 28.7. The third-order valence-corrected chi connectivity index (χ3v) is 8.17. The summed E-state index contributed by atoms with van der Waals surface area (Å²) in [6, 6.07) is 14.9. The monoisotopic (exact) mass is 548 g/mol. The quantitative estimate of drug-likeness (QED) is 0.441. The topological polar surface area (TPSA) is 91.0 Å². The molecule has 3 amide bonds. The molecule has 8 heteroatoms. The number of nitrogens with one attached hydrogen (secondary N) is 2. The Labute approximate surface area is 238 Å². The Hall–Kier alpha value is -3.39. The minimum Gasteiger partial charge on any atom is -0.497 e. The van der Waals surface area contributed by atoms with Crippen molar-refractivity contribution >= 4 is 17.7 Å². The van der Waals surface area contributed by atoms with Gasteiger partial charge in [0, 0.05) is 38.3 Å². The van der Waals surface area contributed by atoms with Gasteiger partial charge < -0.3 is 20.3 Å². The average Bonchev–Trinajstić information content (AvgIpc) is 2.96. The number of nitrogens with zero attached hydrogens (tertiary/aromatic N) is 2. The van der Waals surface area contributed by atoms with Crippen molar-refractivity contribution in [3.8, 4) is 5.75 Å². The molecule has 2 heterocycles. The molecule has 0 aromatic heterocycles. The second kappa shape index (κ2) is 13.3. The number of methoxy groups -OCH3 is 1. The van der Waals surface area contributed by atoms with Gasteiger partial charge in [-0.15, -0.1) is 0 Å². The molecule has 2 aliphatic heterocycles. The SMILES string of the molecule is CCCCN1C(=O)[C@H](CC(C)C)NC(=O)C12CCN(Cc1ccc(C(=O)NCc3ccc(OC)cc3)cc1)CC2. The molecule has 0 aliphatic carbocycles. The van der Waals surface area contributed by atoms with E-state index in [1.807, 2.05) is 53.4 Å². The number of piperazine rings is 1. The summed E-state index contributed by atoms with van der Waals surface area (Å²) in [5.41, 5.74) is 1.99. The molecule has 2 fully saturated rings. The Morgan fingerprint density at radius 2 is 1.70 bits per heavy atom. The number of ether oxygens (including phenoxy) is 1. The number of hydrogen-bond donors (Lipinski definition) is 2. The van der Waals surface area contributed by atoms with Crippen LogP contribution in [0.25, 0.3) is 0 Å². The van der Waals surface area contributed by atoms with E-state index < -0.39 is 11.6 Å². The Bertz CT molecular complexity index is 1150. The molecule has 2 aliphatic rings. The molecule has 2 N–H and O–H groups in total. The summed E-state index contributed by atoms with van der Waals surface area (Å²) < 4.78 is 5.18. The van der Waals surface area contributed by atoms with E-state index in [9.17, 15) is 14.4 Å². The van der Waals surface area contributed by atoms with Crippen molar-refractivity contribution in [3.63, 3.8) is 0 Å². The van der Waals surface area contributed by atoms with Gasteiger partial charge in [0.05, 0.1) is 7.11 Å². The average molecular weight is 549 g/mol. The first kappa shape index (κ1) is 29.6. The summed E-state index contributed by atoms with van der Waals surface area (Å²) in [4.78, 5) is 43.8. The normalized spacial score (nSPS) is 19.1. The minimum absolute atomic E-state index is 0.0125. The van der Waals surface area contributed by atoms with Crippen LogP contribution < -0.4 is 15.4 Å². The highest BCUT2D eigenvalue weighted by atomic mass is 16.5. The predicted molar refractivity (Wildman–Crippen MR) is 156 cm³/mol. The summed E-state index contributed by atoms with van der Waals surface area (Å²) in [6.07, 6.45) is 3.82. The van der Waals surface area contributed by atoms with Crippen molar-refractivity contribution in [2.75, 3.05) is 26.7 Å². The van der Waals surface area contributed by atoms with Gasteiger partial charge in [0.25, 0.3) is 5.91 Å². The van der Waals surface area contributed by atoms with Crippen molar-refractivity contribution in [1.82, 2.24) is 20.4 Å². The number of rotatable bonds is 11. The van der Waals surface area contributed by atoms with E-state index in [0.29, 0.717) is 43.8 Å². The van der Waals surface area contributed by atoms with E-state index in [-0.39, 0.29) is 17.7 Å². The smallest absolute Gasteiger partial charge is 0.251 e. The molecule has 2 aromatic carbocycles. The van der Waals surface area contributed by atoms with Crippen molar-refractivity contribution < 1.29 is 19.1 Å². The summed E-state index contributed by atoms with van der Waals surface area (Å²) in [5, 5.41) is 6.05. The van der Waals surface area contributed by atoms with Crippen molar-refractivity contribution in [2.24, 2.45) is 5.92 Å². The fourth-order valence-corrected chi connectivity index (χ4v) is 5.77. The Kier molecular flexibility index (Phi) is 9.85. The van der Waals surface area contributed by atoms with Crippen molar-refractivity contribution in [2.45, 2.75) is 77.5 Å². The van der Waals surface area contributed by atoms with Crippen LogP contribution in [0.2, 0.25) is 0 Å². The molecular formula is C32H44N4O4. The number of amides is 3. The van der Waals surface area contributed by atoms with Gasteiger partial charge in [0.1, 0.15) is 17.3 Å². The van der Waals surface area contributed by atoms with Crippen LogP contribution in [0.1, 0.15) is 74.4 Å². The first-order chi connectivity index (χ1) is 19.3. The highest BCUT2D eigenvalue weighted by Crippen LogP contribution is 2.34. The fourth-order valence-electron chi connectivity index (χ4n) is 5.77. The standard InChI is InChI=1S/C32H44N4O4/c1-5-6-17-36-30(38)28(20-23(2)3)34-31(39)32(36)15-18-35(19-16-32)22-25-7-11-26(12-8-25)29(37)33-21-24-9-13-27(40-4)14-10-24/h7-14,23,28H,5-6,15-22H2,1-4H3,(H,33,37)(H,34,39)/t28-/m0/s1. The molecule has 8 nitrogen and oxygen atoms in total. The molecule has 0 saturated carbocycles. The predicted octanol–water partition coefficient (Wildman–Crippen LogP) is 4.13. The summed E-state index contributed by atoms with van der Waals surface area (Å²) in [7, 11) is 1.63. The van der Waals surface area contributed by atoms with Crippen molar-refractivity contribution in [1.29, 1.82) is 0 Å². The zero-order valence-corrected chi connectivity index (χ0v) is 24.4. The number of piperidine rings is 1. The lowest BCUT2D eigenvalue weighted by atomic mass is 9.80. The van der Waals surface area contributed by atoms with Crippen LogP contribution in [-0.2, 0) is 22.7 Å². The first-order valence-corrected chi connectivity index (χ1v) is 14.6. The number of hydrogen-bond acceptors (Lipinski definition) is 5. The molecule has 0 radical (unpaired) electrons. The second-order valence-corrected chi connectivity index (χ2v) is 11.5. The Morgan fingerprint density at radius 1 is 1.05 bits per heavy atom. The lowest BCUT2D eigenvalue weighted by Crippen LogP contribution is -2.73. The van der Waals surface area contributed by atoms with Gasteiger partial charge in [-0.2, -0.15) is 0 Å². The van der Waals surface area contributed by atoms with Gasteiger partial charge >= 0.3 is 0 Å². The van der Waals surface area contributed by atoms with E-state index in [4.69, 9.17) is 4.74 Å².